The lowest BCUT2D eigenvalue weighted by Crippen LogP contribution is -2.39. The van der Waals surface area contributed by atoms with Gasteiger partial charge in [0, 0.05) is 18.8 Å². The predicted molar refractivity (Wildman–Crippen MR) is 96.9 cm³/mol. The molecule has 0 bridgehead atoms. The molecule has 0 spiro atoms. The molecular weight excluding hydrogens is 324 g/mol. The number of para-hydroxylation sites is 1. The van der Waals surface area contributed by atoms with Crippen molar-refractivity contribution in [1.82, 2.24) is 4.90 Å². The zero-order chi connectivity index (χ0) is 16.9. The molecule has 2 aromatic carbocycles. The number of halogens is 1. The van der Waals surface area contributed by atoms with E-state index in [1.807, 2.05) is 54.3 Å². The fourth-order valence-corrected chi connectivity index (χ4v) is 2.97. The predicted octanol–water partition coefficient (Wildman–Crippen LogP) is 4.56. The van der Waals surface area contributed by atoms with Crippen LogP contribution < -0.4 is 10.1 Å². The summed E-state index contributed by atoms with van der Waals surface area (Å²) in [5.41, 5.74) is 0.890. The highest BCUT2D eigenvalue weighted by Gasteiger charge is 2.22. The maximum atomic E-state index is 12.3. The van der Waals surface area contributed by atoms with Crippen LogP contribution in [0, 0.1) is 0 Å². The first kappa shape index (κ1) is 16.7. The molecule has 2 aromatic rings. The minimum atomic E-state index is -0.238. The van der Waals surface area contributed by atoms with Crippen molar-refractivity contribution in [3.63, 3.8) is 0 Å². The van der Waals surface area contributed by atoms with Gasteiger partial charge < -0.3 is 15.0 Å². The van der Waals surface area contributed by atoms with E-state index in [9.17, 15) is 4.79 Å². The molecule has 4 nitrogen and oxygen atoms in total. The first-order valence-corrected chi connectivity index (χ1v) is 8.59. The van der Waals surface area contributed by atoms with Crippen molar-refractivity contribution >= 4 is 23.2 Å². The van der Waals surface area contributed by atoms with Crippen LogP contribution in [0.15, 0.2) is 48.5 Å². The summed E-state index contributed by atoms with van der Waals surface area (Å²) in [6.45, 7) is 3.64. The molecule has 24 heavy (non-hydrogen) atoms. The van der Waals surface area contributed by atoms with Crippen LogP contribution in [0.2, 0.25) is 5.02 Å². The van der Waals surface area contributed by atoms with E-state index in [-0.39, 0.29) is 11.9 Å². The van der Waals surface area contributed by atoms with E-state index >= 15 is 0 Å². The van der Waals surface area contributed by atoms with Crippen molar-refractivity contribution in [2.75, 3.05) is 18.4 Å². The Morgan fingerprint density at radius 1 is 1.12 bits per heavy atom. The van der Waals surface area contributed by atoms with Crippen LogP contribution in [0.5, 0.6) is 11.5 Å². The number of carbonyl (C=O) groups is 1. The van der Waals surface area contributed by atoms with Crippen molar-refractivity contribution in [3.8, 4) is 11.5 Å². The number of nitrogens with zero attached hydrogens (tertiary/aromatic N) is 1. The summed E-state index contributed by atoms with van der Waals surface area (Å²) < 4.78 is 5.76. The number of rotatable bonds is 5. The van der Waals surface area contributed by atoms with Crippen LogP contribution in [-0.2, 0) is 4.79 Å². The molecule has 1 heterocycles. The zero-order valence-corrected chi connectivity index (χ0v) is 14.4. The summed E-state index contributed by atoms with van der Waals surface area (Å²) in [6, 6.07) is 14.6. The van der Waals surface area contributed by atoms with Crippen LogP contribution in [0.3, 0.4) is 0 Å². The average molecular weight is 345 g/mol. The van der Waals surface area contributed by atoms with E-state index in [2.05, 4.69) is 5.32 Å². The molecule has 1 aliphatic rings. The first-order valence-electron chi connectivity index (χ1n) is 8.21. The zero-order valence-electron chi connectivity index (χ0n) is 13.7. The van der Waals surface area contributed by atoms with Gasteiger partial charge in [0.05, 0.1) is 5.02 Å². The summed E-state index contributed by atoms with van der Waals surface area (Å²) in [7, 11) is 0. The smallest absolute Gasteiger partial charge is 0.244 e. The average Bonchev–Trinajstić information content (AvgIpc) is 3.12. The van der Waals surface area contributed by atoms with Crippen molar-refractivity contribution in [3.05, 3.63) is 53.6 Å². The van der Waals surface area contributed by atoms with Crippen LogP contribution >= 0.6 is 11.6 Å². The molecule has 1 saturated heterocycles. The van der Waals surface area contributed by atoms with E-state index in [4.69, 9.17) is 16.3 Å². The molecule has 1 fully saturated rings. The number of ether oxygens (including phenoxy) is 1. The number of carbonyl (C=O) groups excluding carboxylic acids is 1. The molecule has 126 valence electrons. The first-order chi connectivity index (χ1) is 11.6. The second-order valence-corrected chi connectivity index (χ2v) is 6.36. The third kappa shape index (κ3) is 4.01. The Labute approximate surface area is 147 Å². The normalized spacial score (nSPS) is 15.2. The van der Waals surface area contributed by atoms with Crippen LogP contribution in [0.4, 0.5) is 5.69 Å². The van der Waals surface area contributed by atoms with Gasteiger partial charge in [0.25, 0.3) is 0 Å². The SMILES string of the molecule is CC(Nc1ccc(Oc2ccccc2Cl)cc1)C(=O)N1CCCC1. The standard InChI is InChI=1S/C19H21ClN2O2/c1-14(19(23)22-12-4-5-13-22)21-15-8-10-16(11-9-15)24-18-7-3-2-6-17(18)20/h2-3,6-11,14,21H,4-5,12-13H2,1H3. The number of amides is 1. The molecule has 0 aromatic heterocycles. The number of hydrogen-bond donors (Lipinski definition) is 1. The van der Waals surface area contributed by atoms with Gasteiger partial charge in [-0.05, 0) is 56.2 Å². The highest BCUT2D eigenvalue weighted by atomic mass is 35.5. The van der Waals surface area contributed by atoms with E-state index in [0.717, 1.165) is 31.6 Å². The van der Waals surface area contributed by atoms with Gasteiger partial charge in [0.2, 0.25) is 5.91 Å². The van der Waals surface area contributed by atoms with Crippen molar-refractivity contribution in [1.29, 1.82) is 0 Å². The van der Waals surface area contributed by atoms with E-state index in [1.54, 1.807) is 6.07 Å². The molecule has 0 aliphatic carbocycles. The Hall–Kier alpha value is -2.20. The Kier molecular flexibility index (Phi) is 5.26. The molecule has 1 unspecified atom stereocenters. The number of nitrogens with one attached hydrogen (secondary N) is 1. The number of anilines is 1. The van der Waals surface area contributed by atoms with Crippen LogP contribution in [0.25, 0.3) is 0 Å². The second-order valence-electron chi connectivity index (χ2n) is 5.96. The molecule has 1 amide bonds. The highest BCUT2D eigenvalue weighted by molar-refractivity contribution is 6.32. The van der Waals surface area contributed by atoms with E-state index in [1.165, 1.54) is 0 Å². The van der Waals surface area contributed by atoms with Gasteiger partial charge in [0.1, 0.15) is 17.5 Å². The van der Waals surface area contributed by atoms with Gasteiger partial charge in [-0.3, -0.25) is 4.79 Å². The van der Waals surface area contributed by atoms with Gasteiger partial charge in [-0.1, -0.05) is 23.7 Å². The minimum Gasteiger partial charge on any atom is -0.456 e. The topological polar surface area (TPSA) is 41.6 Å². The summed E-state index contributed by atoms with van der Waals surface area (Å²) in [5.74, 6) is 1.48. The Bertz CT molecular complexity index is 697. The quantitative estimate of drug-likeness (QED) is 0.864. The lowest BCUT2D eigenvalue weighted by molar-refractivity contribution is -0.130. The fraction of sp³-hybridized carbons (Fsp3) is 0.316. The summed E-state index contributed by atoms with van der Waals surface area (Å²) in [6.07, 6.45) is 2.21. The van der Waals surface area contributed by atoms with Crippen LogP contribution in [-0.4, -0.2) is 29.9 Å². The van der Waals surface area contributed by atoms with Gasteiger partial charge in [-0.15, -0.1) is 0 Å². The molecule has 0 radical (unpaired) electrons. The Morgan fingerprint density at radius 2 is 1.79 bits per heavy atom. The molecule has 0 saturated carbocycles. The van der Waals surface area contributed by atoms with Gasteiger partial charge >= 0.3 is 0 Å². The third-order valence-electron chi connectivity index (χ3n) is 4.09. The number of benzene rings is 2. The third-order valence-corrected chi connectivity index (χ3v) is 4.40. The summed E-state index contributed by atoms with van der Waals surface area (Å²) in [4.78, 5) is 14.2. The second kappa shape index (κ2) is 7.58. The van der Waals surface area contributed by atoms with E-state index in [0.29, 0.717) is 16.5 Å². The Morgan fingerprint density at radius 3 is 2.46 bits per heavy atom. The van der Waals surface area contributed by atoms with Crippen LogP contribution in [0.1, 0.15) is 19.8 Å². The maximum Gasteiger partial charge on any atom is 0.244 e. The van der Waals surface area contributed by atoms with Gasteiger partial charge in [-0.25, -0.2) is 0 Å². The number of hydrogen-bond acceptors (Lipinski definition) is 3. The summed E-state index contributed by atoms with van der Waals surface area (Å²) >= 11 is 6.09. The van der Waals surface area contributed by atoms with E-state index < -0.39 is 0 Å². The molecular formula is C19H21ClN2O2. The molecule has 1 aliphatic heterocycles. The fourth-order valence-electron chi connectivity index (χ4n) is 2.80. The van der Waals surface area contributed by atoms with Gasteiger partial charge in [0.15, 0.2) is 0 Å². The minimum absolute atomic E-state index is 0.156. The largest absolute Gasteiger partial charge is 0.456 e. The Balaban J connectivity index is 1.60. The lowest BCUT2D eigenvalue weighted by atomic mass is 10.2. The maximum absolute atomic E-state index is 12.3. The van der Waals surface area contributed by atoms with Gasteiger partial charge in [-0.2, -0.15) is 0 Å². The van der Waals surface area contributed by atoms with Crippen molar-refractivity contribution in [2.24, 2.45) is 0 Å². The molecule has 3 rings (SSSR count). The lowest BCUT2D eigenvalue weighted by Gasteiger charge is -2.22. The van der Waals surface area contributed by atoms with Crippen molar-refractivity contribution in [2.45, 2.75) is 25.8 Å². The van der Waals surface area contributed by atoms with Crippen molar-refractivity contribution < 1.29 is 9.53 Å². The molecule has 1 atom stereocenters. The molecule has 5 heteroatoms. The molecule has 1 N–H and O–H groups in total. The summed E-state index contributed by atoms with van der Waals surface area (Å²) in [5, 5.41) is 3.82. The number of likely N-dealkylation sites (tertiary alicyclic amines) is 1. The highest BCUT2D eigenvalue weighted by Crippen LogP contribution is 2.29. The monoisotopic (exact) mass is 344 g/mol.